The SMILES string of the molecule is N[C@H](Cc1ccc(F)c(F)c1F)C(=O)O. The van der Waals surface area contributed by atoms with Crippen molar-refractivity contribution >= 4 is 5.97 Å². The average Bonchev–Trinajstić information content (AvgIpc) is 2.18. The van der Waals surface area contributed by atoms with Crippen molar-refractivity contribution < 1.29 is 23.1 Å². The Morgan fingerprint density at radius 1 is 1.33 bits per heavy atom. The van der Waals surface area contributed by atoms with E-state index in [-0.39, 0.29) is 5.56 Å². The Morgan fingerprint density at radius 3 is 2.47 bits per heavy atom. The summed E-state index contributed by atoms with van der Waals surface area (Å²) in [5.74, 6) is -5.67. The van der Waals surface area contributed by atoms with Crippen molar-refractivity contribution in [1.82, 2.24) is 0 Å². The maximum Gasteiger partial charge on any atom is 0.320 e. The van der Waals surface area contributed by atoms with Gasteiger partial charge in [-0.1, -0.05) is 6.07 Å². The number of carbonyl (C=O) groups is 1. The lowest BCUT2D eigenvalue weighted by Crippen LogP contribution is -2.32. The zero-order valence-electron chi connectivity index (χ0n) is 7.51. The van der Waals surface area contributed by atoms with Crippen molar-refractivity contribution in [3.63, 3.8) is 0 Å². The van der Waals surface area contributed by atoms with E-state index in [9.17, 15) is 18.0 Å². The molecule has 0 unspecified atom stereocenters. The number of rotatable bonds is 3. The molecule has 1 aromatic carbocycles. The number of hydrogen-bond acceptors (Lipinski definition) is 2. The molecule has 0 radical (unpaired) electrons. The van der Waals surface area contributed by atoms with Crippen LogP contribution in [0, 0.1) is 17.5 Å². The fourth-order valence-electron chi connectivity index (χ4n) is 1.05. The minimum absolute atomic E-state index is 0.260. The number of carboxylic acid groups (broad SMARTS) is 1. The summed E-state index contributed by atoms with van der Waals surface area (Å²) in [6.45, 7) is 0. The molecule has 15 heavy (non-hydrogen) atoms. The van der Waals surface area contributed by atoms with Gasteiger partial charge in [0.1, 0.15) is 6.04 Å². The summed E-state index contributed by atoms with van der Waals surface area (Å²) in [6, 6.07) is 0.350. The fourth-order valence-corrected chi connectivity index (χ4v) is 1.05. The van der Waals surface area contributed by atoms with Crippen molar-refractivity contribution in [3.05, 3.63) is 35.1 Å². The van der Waals surface area contributed by atoms with Gasteiger partial charge in [0.15, 0.2) is 17.5 Å². The van der Waals surface area contributed by atoms with E-state index in [2.05, 4.69) is 0 Å². The van der Waals surface area contributed by atoms with E-state index in [1.807, 2.05) is 0 Å². The zero-order valence-corrected chi connectivity index (χ0v) is 7.51. The highest BCUT2D eigenvalue weighted by atomic mass is 19.2. The number of carboxylic acids is 1. The summed E-state index contributed by atoms with van der Waals surface area (Å²) < 4.78 is 38.2. The molecule has 0 saturated carbocycles. The Labute approximate surface area is 83.3 Å². The van der Waals surface area contributed by atoms with Crippen molar-refractivity contribution in [2.75, 3.05) is 0 Å². The molecule has 0 aliphatic rings. The first-order valence-corrected chi connectivity index (χ1v) is 4.04. The molecule has 0 heterocycles. The normalized spacial score (nSPS) is 12.5. The van der Waals surface area contributed by atoms with Crippen LogP contribution in [0.1, 0.15) is 5.56 Å². The van der Waals surface area contributed by atoms with Crippen LogP contribution in [0.3, 0.4) is 0 Å². The van der Waals surface area contributed by atoms with Gasteiger partial charge in [-0.25, -0.2) is 13.2 Å². The van der Waals surface area contributed by atoms with Gasteiger partial charge in [-0.3, -0.25) is 4.79 Å². The summed E-state index contributed by atoms with van der Waals surface area (Å²) in [6.07, 6.45) is -0.391. The van der Waals surface area contributed by atoms with E-state index >= 15 is 0 Å². The predicted octanol–water partition coefficient (Wildman–Crippen LogP) is 1.06. The lowest BCUT2D eigenvalue weighted by atomic mass is 10.1. The van der Waals surface area contributed by atoms with Gasteiger partial charge < -0.3 is 10.8 Å². The van der Waals surface area contributed by atoms with Gasteiger partial charge in [-0.05, 0) is 11.6 Å². The molecule has 1 aromatic rings. The minimum Gasteiger partial charge on any atom is -0.480 e. The number of halogens is 3. The van der Waals surface area contributed by atoms with Crippen molar-refractivity contribution in [2.24, 2.45) is 5.73 Å². The summed E-state index contributed by atoms with van der Waals surface area (Å²) in [7, 11) is 0. The van der Waals surface area contributed by atoms with Crippen LogP contribution in [-0.2, 0) is 11.2 Å². The Hall–Kier alpha value is -1.56. The average molecular weight is 219 g/mol. The molecule has 3 N–H and O–H groups in total. The van der Waals surface area contributed by atoms with Crippen LogP contribution >= 0.6 is 0 Å². The maximum absolute atomic E-state index is 13.0. The van der Waals surface area contributed by atoms with E-state index in [1.54, 1.807) is 0 Å². The van der Waals surface area contributed by atoms with E-state index < -0.39 is 35.9 Å². The number of benzene rings is 1. The number of hydrogen-bond donors (Lipinski definition) is 2. The Balaban J connectivity index is 2.97. The fraction of sp³-hybridized carbons (Fsp3) is 0.222. The molecule has 0 aliphatic heterocycles. The molecule has 0 saturated heterocycles. The van der Waals surface area contributed by atoms with E-state index in [4.69, 9.17) is 10.8 Å². The second-order valence-electron chi connectivity index (χ2n) is 2.98. The zero-order chi connectivity index (χ0) is 11.6. The summed E-state index contributed by atoms with van der Waals surface area (Å²) in [4.78, 5) is 10.4. The third-order valence-corrected chi connectivity index (χ3v) is 1.87. The molecule has 0 bridgehead atoms. The molecule has 0 aliphatic carbocycles. The van der Waals surface area contributed by atoms with Crippen LogP contribution in [-0.4, -0.2) is 17.1 Å². The van der Waals surface area contributed by atoms with Crippen LogP contribution in [0.4, 0.5) is 13.2 Å². The third-order valence-electron chi connectivity index (χ3n) is 1.87. The number of nitrogens with two attached hydrogens (primary N) is 1. The van der Waals surface area contributed by atoms with E-state index in [1.165, 1.54) is 0 Å². The van der Waals surface area contributed by atoms with Crippen molar-refractivity contribution in [2.45, 2.75) is 12.5 Å². The van der Waals surface area contributed by atoms with Crippen LogP contribution in [0.15, 0.2) is 12.1 Å². The van der Waals surface area contributed by atoms with Gasteiger partial charge in [0.25, 0.3) is 0 Å². The predicted molar refractivity (Wildman–Crippen MR) is 45.6 cm³/mol. The van der Waals surface area contributed by atoms with Crippen LogP contribution < -0.4 is 5.73 Å². The minimum atomic E-state index is -1.62. The lowest BCUT2D eigenvalue weighted by molar-refractivity contribution is -0.138. The van der Waals surface area contributed by atoms with Crippen molar-refractivity contribution in [1.29, 1.82) is 0 Å². The molecular weight excluding hydrogens is 211 g/mol. The van der Waals surface area contributed by atoms with Crippen molar-refractivity contribution in [3.8, 4) is 0 Å². The lowest BCUT2D eigenvalue weighted by Gasteiger charge is -2.07. The molecule has 0 amide bonds. The standard InChI is InChI=1S/C9H8F3NO2/c10-5-2-1-4(7(11)8(5)12)3-6(13)9(14)15/h1-2,6H,3,13H2,(H,14,15)/t6-/m1/s1. The van der Waals surface area contributed by atoms with Gasteiger partial charge in [0.05, 0.1) is 0 Å². The van der Waals surface area contributed by atoms with Gasteiger partial charge in [-0.15, -0.1) is 0 Å². The topological polar surface area (TPSA) is 63.3 Å². The highest BCUT2D eigenvalue weighted by Crippen LogP contribution is 2.16. The molecule has 0 fully saturated rings. The first-order chi connectivity index (χ1) is 6.93. The van der Waals surface area contributed by atoms with E-state index in [0.29, 0.717) is 0 Å². The largest absolute Gasteiger partial charge is 0.480 e. The molecule has 6 heteroatoms. The molecule has 1 atom stereocenters. The summed E-state index contributed by atoms with van der Waals surface area (Å²) in [5, 5.41) is 8.44. The Kier molecular flexibility index (Phi) is 3.31. The Morgan fingerprint density at radius 2 is 1.93 bits per heavy atom. The van der Waals surface area contributed by atoms with Gasteiger partial charge in [0, 0.05) is 6.42 Å². The molecule has 0 aromatic heterocycles. The quantitative estimate of drug-likeness (QED) is 0.747. The monoisotopic (exact) mass is 219 g/mol. The third kappa shape index (κ3) is 2.47. The first kappa shape index (κ1) is 11.5. The van der Waals surface area contributed by atoms with Crippen LogP contribution in [0.2, 0.25) is 0 Å². The van der Waals surface area contributed by atoms with Crippen LogP contribution in [0.5, 0.6) is 0 Å². The van der Waals surface area contributed by atoms with Gasteiger partial charge in [-0.2, -0.15) is 0 Å². The maximum atomic E-state index is 13.0. The second kappa shape index (κ2) is 4.31. The summed E-state index contributed by atoms with van der Waals surface area (Å²) >= 11 is 0. The molecular formula is C9H8F3NO2. The van der Waals surface area contributed by atoms with E-state index in [0.717, 1.165) is 12.1 Å². The highest BCUT2D eigenvalue weighted by molar-refractivity contribution is 5.73. The van der Waals surface area contributed by atoms with Gasteiger partial charge in [0.2, 0.25) is 0 Å². The highest BCUT2D eigenvalue weighted by Gasteiger charge is 2.18. The second-order valence-corrected chi connectivity index (χ2v) is 2.98. The molecule has 82 valence electrons. The molecule has 1 rings (SSSR count). The smallest absolute Gasteiger partial charge is 0.320 e. The van der Waals surface area contributed by atoms with Gasteiger partial charge >= 0.3 is 5.97 Å². The molecule has 3 nitrogen and oxygen atoms in total. The molecule has 0 spiro atoms. The number of aliphatic carboxylic acids is 1. The van der Waals surface area contributed by atoms with Crippen LogP contribution in [0.25, 0.3) is 0 Å². The first-order valence-electron chi connectivity index (χ1n) is 4.04. The summed E-state index contributed by atoms with van der Waals surface area (Å²) in [5.41, 5.74) is 4.86. The Bertz CT molecular complexity index is 395.